The topological polar surface area (TPSA) is 61.0 Å². The van der Waals surface area contributed by atoms with Gasteiger partial charge in [0.25, 0.3) is 5.91 Å². The SMILES string of the molecule is CCCCCN(Cc1ccc(Cl)cc1)C(=O)c1n[nH]c2c1CNCC2. The van der Waals surface area contributed by atoms with Crippen molar-refractivity contribution in [1.29, 1.82) is 0 Å². The van der Waals surface area contributed by atoms with Crippen LogP contribution in [0.3, 0.4) is 0 Å². The Morgan fingerprint density at radius 3 is 2.84 bits per heavy atom. The summed E-state index contributed by atoms with van der Waals surface area (Å²) >= 11 is 5.97. The highest BCUT2D eigenvalue weighted by molar-refractivity contribution is 6.30. The quantitative estimate of drug-likeness (QED) is 0.742. The van der Waals surface area contributed by atoms with E-state index >= 15 is 0 Å². The summed E-state index contributed by atoms with van der Waals surface area (Å²) in [6.45, 7) is 5.12. The lowest BCUT2D eigenvalue weighted by atomic mass is 10.1. The van der Waals surface area contributed by atoms with Crippen molar-refractivity contribution in [2.24, 2.45) is 0 Å². The largest absolute Gasteiger partial charge is 0.333 e. The van der Waals surface area contributed by atoms with E-state index in [0.29, 0.717) is 23.8 Å². The van der Waals surface area contributed by atoms with Crippen molar-refractivity contribution in [2.75, 3.05) is 13.1 Å². The number of unbranched alkanes of at least 4 members (excludes halogenated alkanes) is 2. The number of nitrogens with one attached hydrogen (secondary N) is 2. The van der Waals surface area contributed by atoms with E-state index in [0.717, 1.165) is 55.6 Å². The van der Waals surface area contributed by atoms with Crippen molar-refractivity contribution in [3.63, 3.8) is 0 Å². The number of H-pyrrole nitrogens is 1. The first-order valence-electron chi connectivity index (χ1n) is 8.99. The third-order valence-corrected chi connectivity index (χ3v) is 4.87. The van der Waals surface area contributed by atoms with Crippen LogP contribution < -0.4 is 5.32 Å². The van der Waals surface area contributed by atoms with E-state index in [2.05, 4.69) is 22.4 Å². The van der Waals surface area contributed by atoms with Crippen molar-refractivity contribution >= 4 is 17.5 Å². The number of fused-ring (bicyclic) bond motifs is 1. The molecule has 1 aromatic heterocycles. The minimum absolute atomic E-state index is 0.00672. The molecule has 2 heterocycles. The van der Waals surface area contributed by atoms with Crippen LogP contribution >= 0.6 is 11.6 Å². The van der Waals surface area contributed by atoms with Gasteiger partial charge in [-0.15, -0.1) is 0 Å². The van der Waals surface area contributed by atoms with Crippen LogP contribution in [0.2, 0.25) is 5.02 Å². The fourth-order valence-corrected chi connectivity index (χ4v) is 3.29. The molecule has 0 unspecified atom stereocenters. The highest BCUT2D eigenvalue weighted by atomic mass is 35.5. The highest BCUT2D eigenvalue weighted by Crippen LogP contribution is 2.19. The van der Waals surface area contributed by atoms with Gasteiger partial charge in [-0.2, -0.15) is 5.10 Å². The Hall–Kier alpha value is -1.85. The molecule has 2 N–H and O–H groups in total. The maximum atomic E-state index is 13.1. The second-order valence-electron chi connectivity index (χ2n) is 6.52. The van der Waals surface area contributed by atoms with E-state index in [9.17, 15) is 4.79 Å². The summed E-state index contributed by atoms with van der Waals surface area (Å²) in [5.41, 5.74) is 3.75. The predicted octanol–water partition coefficient (Wildman–Crippen LogP) is 3.54. The van der Waals surface area contributed by atoms with E-state index in [1.807, 2.05) is 29.2 Å². The molecule has 0 spiro atoms. The van der Waals surface area contributed by atoms with Gasteiger partial charge < -0.3 is 10.2 Å². The Morgan fingerprint density at radius 1 is 1.28 bits per heavy atom. The zero-order valence-corrected chi connectivity index (χ0v) is 15.4. The molecule has 0 saturated carbocycles. The van der Waals surface area contributed by atoms with E-state index in [1.54, 1.807) is 0 Å². The van der Waals surface area contributed by atoms with Gasteiger partial charge in [0.2, 0.25) is 0 Å². The van der Waals surface area contributed by atoms with Gasteiger partial charge in [0.1, 0.15) is 0 Å². The van der Waals surface area contributed by atoms with E-state index in [-0.39, 0.29) is 5.91 Å². The molecule has 3 rings (SSSR count). The number of carbonyl (C=O) groups is 1. The van der Waals surface area contributed by atoms with Gasteiger partial charge in [0.15, 0.2) is 5.69 Å². The number of amides is 1. The molecule has 0 saturated heterocycles. The molecule has 0 aliphatic carbocycles. The lowest BCUT2D eigenvalue weighted by Gasteiger charge is -2.23. The summed E-state index contributed by atoms with van der Waals surface area (Å²) in [5, 5.41) is 11.4. The Kier molecular flexibility index (Phi) is 6.10. The standard InChI is InChI=1S/C19H25ClN4O/c1-2-3-4-11-24(13-14-5-7-15(20)8-6-14)19(25)18-16-12-21-10-9-17(16)22-23-18/h5-8,21H,2-4,9-13H2,1H3,(H,22,23). The molecule has 134 valence electrons. The highest BCUT2D eigenvalue weighted by Gasteiger charge is 2.25. The molecule has 1 amide bonds. The number of carbonyl (C=O) groups excluding carboxylic acids is 1. The van der Waals surface area contributed by atoms with Gasteiger partial charge in [-0.05, 0) is 24.1 Å². The third kappa shape index (κ3) is 4.41. The maximum absolute atomic E-state index is 13.1. The van der Waals surface area contributed by atoms with Crippen molar-refractivity contribution in [3.05, 3.63) is 51.8 Å². The fraction of sp³-hybridized carbons (Fsp3) is 0.474. The smallest absolute Gasteiger partial charge is 0.274 e. The van der Waals surface area contributed by atoms with Crippen LogP contribution in [0.1, 0.15) is 53.5 Å². The number of aromatic nitrogens is 2. The molecule has 0 atom stereocenters. The molecule has 25 heavy (non-hydrogen) atoms. The summed E-state index contributed by atoms with van der Waals surface area (Å²) in [6.07, 6.45) is 4.14. The first-order chi connectivity index (χ1) is 12.2. The molecule has 6 heteroatoms. The summed E-state index contributed by atoms with van der Waals surface area (Å²) in [6, 6.07) is 7.69. The lowest BCUT2D eigenvalue weighted by molar-refractivity contribution is 0.0732. The molecule has 1 aliphatic rings. The van der Waals surface area contributed by atoms with Crippen LogP contribution in [0.5, 0.6) is 0 Å². The lowest BCUT2D eigenvalue weighted by Crippen LogP contribution is -2.33. The van der Waals surface area contributed by atoms with Crippen molar-refractivity contribution in [2.45, 2.75) is 45.7 Å². The van der Waals surface area contributed by atoms with Crippen molar-refractivity contribution < 1.29 is 4.79 Å². The third-order valence-electron chi connectivity index (χ3n) is 4.61. The molecular formula is C19H25ClN4O. The van der Waals surface area contributed by atoms with Gasteiger partial charge in [0, 0.05) is 48.9 Å². The number of hydrogen-bond donors (Lipinski definition) is 2. The Balaban J connectivity index is 1.78. The van der Waals surface area contributed by atoms with Gasteiger partial charge in [-0.1, -0.05) is 43.5 Å². The first kappa shape index (κ1) is 18.0. The predicted molar refractivity (Wildman–Crippen MR) is 99.7 cm³/mol. The summed E-state index contributed by atoms with van der Waals surface area (Å²) < 4.78 is 0. The average Bonchev–Trinajstić information content (AvgIpc) is 3.06. The number of nitrogens with zero attached hydrogens (tertiary/aromatic N) is 2. The molecule has 1 aliphatic heterocycles. The van der Waals surface area contributed by atoms with Gasteiger partial charge in [-0.25, -0.2) is 0 Å². The molecule has 0 fully saturated rings. The van der Waals surface area contributed by atoms with E-state index < -0.39 is 0 Å². The van der Waals surface area contributed by atoms with Gasteiger partial charge >= 0.3 is 0 Å². The number of benzene rings is 1. The molecule has 1 aromatic carbocycles. The minimum Gasteiger partial charge on any atom is -0.333 e. The van der Waals surface area contributed by atoms with E-state index in [4.69, 9.17) is 11.6 Å². The number of hydrogen-bond acceptors (Lipinski definition) is 3. The van der Waals surface area contributed by atoms with Crippen LogP contribution in [0.15, 0.2) is 24.3 Å². The molecule has 5 nitrogen and oxygen atoms in total. The Bertz CT molecular complexity index is 711. The van der Waals surface area contributed by atoms with E-state index in [1.165, 1.54) is 0 Å². The summed E-state index contributed by atoms with van der Waals surface area (Å²) in [5.74, 6) is 0.00672. The molecule has 0 radical (unpaired) electrons. The second kappa shape index (κ2) is 8.50. The molecule has 2 aromatic rings. The summed E-state index contributed by atoms with van der Waals surface area (Å²) in [4.78, 5) is 15.0. The zero-order chi connectivity index (χ0) is 17.6. The second-order valence-corrected chi connectivity index (χ2v) is 6.95. The summed E-state index contributed by atoms with van der Waals surface area (Å²) in [7, 11) is 0. The number of rotatable bonds is 7. The maximum Gasteiger partial charge on any atom is 0.274 e. The van der Waals surface area contributed by atoms with Crippen LogP contribution in [-0.2, 0) is 19.5 Å². The number of aromatic amines is 1. The van der Waals surface area contributed by atoms with Crippen LogP contribution in [-0.4, -0.2) is 34.1 Å². The average molecular weight is 361 g/mol. The van der Waals surface area contributed by atoms with Crippen LogP contribution in [0.4, 0.5) is 0 Å². The number of halogens is 1. The molecular weight excluding hydrogens is 336 g/mol. The van der Waals surface area contributed by atoms with Gasteiger partial charge in [0.05, 0.1) is 0 Å². The van der Waals surface area contributed by atoms with Crippen molar-refractivity contribution in [1.82, 2.24) is 20.4 Å². The Labute approximate surface area is 153 Å². The monoisotopic (exact) mass is 360 g/mol. The fourth-order valence-electron chi connectivity index (χ4n) is 3.17. The van der Waals surface area contributed by atoms with Crippen LogP contribution in [0, 0.1) is 0 Å². The molecule has 0 bridgehead atoms. The normalized spacial score (nSPS) is 13.5. The van der Waals surface area contributed by atoms with Crippen LogP contribution in [0.25, 0.3) is 0 Å². The van der Waals surface area contributed by atoms with Gasteiger partial charge in [-0.3, -0.25) is 9.89 Å². The Morgan fingerprint density at radius 2 is 2.08 bits per heavy atom. The zero-order valence-electron chi connectivity index (χ0n) is 14.6. The minimum atomic E-state index is 0.00672. The van der Waals surface area contributed by atoms with Crippen molar-refractivity contribution in [3.8, 4) is 0 Å². The first-order valence-corrected chi connectivity index (χ1v) is 9.37.